The van der Waals surface area contributed by atoms with Gasteiger partial charge in [0.25, 0.3) is 0 Å². The number of rotatable bonds is 2. The zero-order valence-corrected chi connectivity index (χ0v) is 11.3. The quantitative estimate of drug-likeness (QED) is 0.696. The van der Waals surface area contributed by atoms with Crippen LogP contribution in [0.3, 0.4) is 0 Å². The molecule has 0 N–H and O–H groups in total. The van der Waals surface area contributed by atoms with Crippen LogP contribution in [-0.2, 0) is 0 Å². The average Bonchev–Trinajstić information content (AvgIpc) is 2.48. The molecule has 0 saturated heterocycles. The number of hydrogen-bond donors (Lipinski definition) is 0. The highest BCUT2D eigenvalue weighted by atomic mass is 19.1. The molecule has 3 aromatic rings. The monoisotopic (exact) mass is 282 g/mol. The molecule has 0 aliphatic carbocycles. The normalized spacial score (nSPS) is 10.6. The molecule has 0 aliphatic rings. The van der Waals surface area contributed by atoms with Crippen molar-refractivity contribution in [1.82, 2.24) is 10.2 Å². The van der Waals surface area contributed by atoms with Gasteiger partial charge in [-0.2, -0.15) is 5.10 Å². The third-order valence-corrected chi connectivity index (χ3v) is 3.20. The number of hydrogen-bond acceptors (Lipinski definition) is 2. The standard InChI is InChI=1S/C17H12F2N2/c1-11-10-13(16-14(18)8-5-9-15(16)19)17(21-20-11)12-6-3-2-4-7-12/h2-10H,1H3. The largest absolute Gasteiger partial charge is 0.206 e. The van der Waals surface area contributed by atoms with Crippen LogP contribution in [0.15, 0.2) is 54.6 Å². The van der Waals surface area contributed by atoms with Crippen LogP contribution in [0.2, 0.25) is 0 Å². The summed E-state index contributed by atoms with van der Waals surface area (Å²) in [6.45, 7) is 1.74. The van der Waals surface area contributed by atoms with Gasteiger partial charge in [-0.15, -0.1) is 5.10 Å². The van der Waals surface area contributed by atoms with Crippen molar-refractivity contribution in [3.05, 3.63) is 71.9 Å². The van der Waals surface area contributed by atoms with Gasteiger partial charge in [0.1, 0.15) is 17.3 Å². The van der Waals surface area contributed by atoms with Gasteiger partial charge in [-0.25, -0.2) is 8.78 Å². The fourth-order valence-electron chi connectivity index (χ4n) is 2.24. The van der Waals surface area contributed by atoms with Gasteiger partial charge < -0.3 is 0 Å². The van der Waals surface area contributed by atoms with Crippen molar-refractivity contribution < 1.29 is 8.78 Å². The summed E-state index contributed by atoms with van der Waals surface area (Å²) in [5.74, 6) is -1.22. The molecule has 4 heteroatoms. The molecule has 2 nitrogen and oxygen atoms in total. The van der Waals surface area contributed by atoms with Crippen LogP contribution < -0.4 is 0 Å². The molecule has 1 heterocycles. The lowest BCUT2D eigenvalue weighted by molar-refractivity contribution is 0.589. The lowest BCUT2D eigenvalue weighted by Gasteiger charge is -2.11. The summed E-state index contributed by atoms with van der Waals surface area (Å²) in [7, 11) is 0. The summed E-state index contributed by atoms with van der Waals surface area (Å²) in [5, 5.41) is 8.13. The van der Waals surface area contributed by atoms with Crippen molar-refractivity contribution in [3.8, 4) is 22.4 Å². The molecular weight excluding hydrogens is 270 g/mol. The summed E-state index contributed by atoms with van der Waals surface area (Å²) in [6, 6.07) is 14.7. The number of nitrogens with zero attached hydrogens (tertiary/aromatic N) is 2. The Labute approximate surface area is 121 Å². The predicted molar refractivity (Wildman–Crippen MR) is 77.6 cm³/mol. The minimum Gasteiger partial charge on any atom is -0.206 e. The SMILES string of the molecule is Cc1cc(-c2c(F)cccc2F)c(-c2ccccc2)nn1. The van der Waals surface area contributed by atoms with Gasteiger partial charge >= 0.3 is 0 Å². The van der Waals surface area contributed by atoms with E-state index < -0.39 is 11.6 Å². The van der Waals surface area contributed by atoms with Crippen molar-refractivity contribution >= 4 is 0 Å². The predicted octanol–water partition coefficient (Wildman–Crippen LogP) is 4.40. The molecule has 0 saturated carbocycles. The second-order valence-electron chi connectivity index (χ2n) is 4.71. The lowest BCUT2D eigenvalue weighted by Crippen LogP contribution is -1.98. The average molecular weight is 282 g/mol. The van der Waals surface area contributed by atoms with Crippen molar-refractivity contribution in [2.24, 2.45) is 0 Å². The highest BCUT2D eigenvalue weighted by molar-refractivity contribution is 5.81. The van der Waals surface area contributed by atoms with E-state index in [9.17, 15) is 8.78 Å². The Balaban J connectivity index is 2.30. The molecule has 0 bridgehead atoms. The molecule has 0 fully saturated rings. The van der Waals surface area contributed by atoms with Crippen LogP contribution in [0, 0.1) is 18.6 Å². The Bertz CT molecular complexity index is 766. The Hall–Kier alpha value is -2.62. The van der Waals surface area contributed by atoms with E-state index in [-0.39, 0.29) is 5.56 Å². The van der Waals surface area contributed by atoms with Crippen molar-refractivity contribution in [1.29, 1.82) is 0 Å². The minimum atomic E-state index is -0.611. The van der Waals surface area contributed by atoms with Crippen LogP contribution in [0.4, 0.5) is 8.78 Å². The van der Waals surface area contributed by atoms with Crippen LogP contribution in [-0.4, -0.2) is 10.2 Å². The highest BCUT2D eigenvalue weighted by Crippen LogP contribution is 2.33. The molecule has 1 aromatic heterocycles. The summed E-state index contributed by atoms with van der Waals surface area (Å²) < 4.78 is 28.2. The number of aromatic nitrogens is 2. The molecule has 2 aromatic carbocycles. The van der Waals surface area contributed by atoms with Gasteiger partial charge in [0.15, 0.2) is 0 Å². The van der Waals surface area contributed by atoms with Gasteiger partial charge in [0.05, 0.1) is 11.3 Å². The van der Waals surface area contributed by atoms with Crippen LogP contribution >= 0.6 is 0 Å². The van der Waals surface area contributed by atoms with Gasteiger partial charge in [-0.05, 0) is 25.1 Å². The van der Waals surface area contributed by atoms with E-state index in [0.29, 0.717) is 17.0 Å². The van der Waals surface area contributed by atoms with Crippen LogP contribution in [0.25, 0.3) is 22.4 Å². The van der Waals surface area contributed by atoms with E-state index in [4.69, 9.17) is 0 Å². The number of benzene rings is 2. The minimum absolute atomic E-state index is 0.0747. The fourth-order valence-corrected chi connectivity index (χ4v) is 2.24. The molecule has 0 atom stereocenters. The zero-order chi connectivity index (χ0) is 14.8. The van der Waals surface area contributed by atoms with Crippen molar-refractivity contribution in [2.75, 3.05) is 0 Å². The summed E-state index contributed by atoms with van der Waals surface area (Å²) in [4.78, 5) is 0. The first-order valence-corrected chi connectivity index (χ1v) is 6.51. The molecule has 0 unspecified atom stereocenters. The lowest BCUT2D eigenvalue weighted by atomic mass is 9.98. The first-order valence-electron chi connectivity index (χ1n) is 6.51. The van der Waals surface area contributed by atoms with Gasteiger partial charge in [-0.3, -0.25) is 0 Å². The van der Waals surface area contributed by atoms with Crippen LogP contribution in [0.5, 0.6) is 0 Å². The molecule has 0 aliphatic heterocycles. The van der Waals surface area contributed by atoms with E-state index in [1.54, 1.807) is 13.0 Å². The maximum atomic E-state index is 14.1. The molecule has 0 amide bonds. The maximum Gasteiger partial charge on any atom is 0.134 e. The molecule has 21 heavy (non-hydrogen) atoms. The van der Waals surface area contributed by atoms with Crippen molar-refractivity contribution in [2.45, 2.75) is 6.92 Å². The Morgan fingerprint density at radius 2 is 1.48 bits per heavy atom. The molecule has 0 radical (unpaired) electrons. The van der Waals surface area contributed by atoms with E-state index >= 15 is 0 Å². The second-order valence-corrected chi connectivity index (χ2v) is 4.71. The maximum absolute atomic E-state index is 14.1. The van der Waals surface area contributed by atoms with Gasteiger partial charge in [-0.1, -0.05) is 36.4 Å². The number of aryl methyl sites for hydroxylation is 1. The topological polar surface area (TPSA) is 25.8 Å². The van der Waals surface area contributed by atoms with E-state index in [1.165, 1.54) is 18.2 Å². The van der Waals surface area contributed by atoms with Crippen molar-refractivity contribution in [3.63, 3.8) is 0 Å². The second kappa shape index (κ2) is 5.40. The first kappa shape index (κ1) is 13.4. The fraction of sp³-hybridized carbons (Fsp3) is 0.0588. The van der Waals surface area contributed by atoms with E-state index in [0.717, 1.165) is 5.56 Å². The Morgan fingerprint density at radius 1 is 0.810 bits per heavy atom. The molecule has 104 valence electrons. The Kier molecular flexibility index (Phi) is 3.44. The van der Waals surface area contributed by atoms with E-state index in [2.05, 4.69) is 10.2 Å². The third-order valence-electron chi connectivity index (χ3n) is 3.20. The third kappa shape index (κ3) is 2.52. The summed E-state index contributed by atoms with van der Waals surface area (Å²) in [6.07, 6.45) is 0. The van der Waals surface area contributed by atoms with E-state index in [1.807, 2.05) is 30.3 Å². The summed E-state index contributed by atoms with van der Waals surface area (Å²) >= 11 is 0. The van der Waals surface area contributed by atoms with Gasteiger partial charge in [0, 0.05) is 11.1 Å². The highest BCUT2D eigenvalue weighted by Gasteiger charge is 2.17. The van der Waals surface area contributed by atoms with Crippen LogP contribution in [0.1, 0.15) is 5.69 Å². The molecular formula is C17H12F2N2. The van der Waals surface area contributed by atoms with Gasteiger partial charge in [0.2, 0.25) is 0 Å². The molecule has 3 rings (SSSR count). The molecule has 0 spiro atoms. The first-order chi connectivity index (χ1) is 10.2. The summed E-state index contributed by atoms with van der Waals surface area (Å²) in [5.41, 5.74) is 2.17. The smallest absolute Gasteiger partial charge is 0.134 e. The Morgan fingerprint density at radius 3 is 2.14 bits per heavy atom. The number of halogens is 2. The zero-order valence-electron chi connectivity index (χ0n) is 11.3.